The van der Waals surface area contributed by atoms with Gasteiger partial charge >= 0.3 is 0 Å². The second kappa shape index (κ2) is 15.9. The number of amides is 2. The van der Waals surface area contributed by atoms with Crippen LogP contribution in [0, 0.1) is 3.57 Å². The SMILES string of the molecule is CCCCC(=O)N(Cc1ccc(Cl)c(Cl)c1)C1CC(C(=O)NCCO)=CC(Oc2c(I)cc(CO)cc2OC)C1O. The predicted molar refractivity (Wildman–Crippen MR) is 165 cm³/mol. The molecule has 1 aliphatic carbocycles. The Hall–Kier alpha value is -2.09. The molecule has 2 aromatic rings. The van der Waals surface area contributed by atoms with Crippen molar-refractivity contribution in [1.82, 2.24) is 10.2 Å². The molecule has 0 fully saturated rings. The third-order valence-corrected chi connectivity index (χ3v) is 8.28. The zero-order valence-corrected chi connectivity index (χ0v) is 26.6. The molecule has 3 unspecified atom stereocenters. The third-order valence-electron chi connectivity index (χ3n) is 6.74. The lowest BCUT2D eigenvalue weighted by atomic mass is 9.87. The lowest BCUT2D eigenvalue weighted by molar-refractivity contribution is -0.139. The summed E-state index contributed by atoms with van der Waals surface area (Å²) in [5.74, 6) is 0.0610. The molecule has 0 aliphatic heterocycles. The Morgan fingerprint density at radius 3 is 2.54 bits per heavy atom. The van der Waals surface area contributed by atoms with E-state index >= 15 is 0 Å². The highest BCUT2D eigenvalue weighted by atomic mass is 127. The van der Waals surface area contributed by atoms with Crippen molar-refractivity contribution < 1.29 is 34.4 Å². The standard InChI is InChI=1S/C29H35Cl2IN2O7/c1-3-4-5-26(37)34(15-17-6-7-20(30)21(31)10-17)23-13-19(29(39)33-8-9-35)14-24(27(23)38)41-28-22(32)11-18(16-36)12-25(28)40-2/h6-7,10-12,14,23-24,27,35-36,38H,3-5,8-9,13,15-16H2,1-2H3,(H,33,39). The monoisotopic (exact) mass is 720 g/mol. The largest absolute Gasteiger partial charge is 0.493 e. The number of rotatable bonds is 13. The summed E-state index contributed by atoms with van der Waals surface area (Å²) in [7, 11) is 1.47. The first kappa shape index (κ1) is 33.4. The van der Waals surface area contributed by atoms with Crippen molar-refractivity contribution in [2.75, 3.05) is 20.3 Å². The van der Waals surface area contributed by atoms with Crippen LogP contribution in [-0.2, 0) is 22.7 Å². The van der Waals surface area contributed by atoms with Gasteiger partial charge in [0.25, 0.3) is 0 Å². The summed E-state index contributed by atoms with van der Waals surface area (Å²) in [4.78, 5) is 28.2. The molecule has 2 aromatic carbocycles. The predicted octanol–water partition coefficient (Wildman–Crippen LogP) is 4.23. The zero-order valence-electron chi connectivity index (χ0n) is 22.9. The number of hydrogen-bond acceptors (Lipinski definition) is 7. The molecule has 0 saturated heterocycles. The van der Waals surface area contributed by atoms with E-state index in [1.54, 1.807) is 35.2 Å². The number of aliphatic hydroxyl groups excluding tert-OH is 3. The molecule has 3 atom stereocenters. The number of hydrogen-bond donors (Lipinski definition) is 4. The van der Waals surface area contributed by atoms with Crippen LogP contribution in [0.1, 0.15) is 43.7 Å². The summed E-state index contributed by atoms with van der Waals surface area (Å²) in [5, 5.41) is 33.9. The summed E-state index contributed by atoms with van der Waals surface area (Å²) >= 11 is 14.4. The van der Waals surface area contributed by atoms with Crippen LogP contribution in [-0.4, -0.2) is 70.5 Å². The molecule has 4 N–H and O–H groups in total. The number of nitrogens with one attached hydrogen (secondary N) is 1. The fourth-order valence-corrected chi connectivity index (χ4v) is 5.70. The second-order valence-electron chi connectivity index (χ2n) is 9.66. The van der Waals surface area contributed by atoms with Crippen LogP contribution in [0.4, 0.5) is 0 Å². The summed E-state index contributed by atoms with van der Waals surface area (Å²) in [6.07, 6.45) is 1.09. The second-order valence-corrected chi connectivity index (χ2v) is 11.6. The Labute approximate surface area is 263 Å². The highest BCUT2D eigenvalue weighted by Crippen LogP contribution is 2.37. The van der Waals surface area contributed by atoms with Crippen LogP contribution in [0.2, 0.25) is 10.0 Å². The van der Waals surface area contributed by atoms with Crippen molar-refractivity contribution in [1.29, 1.82) is 0 Å². The van der Waals surface area contributed by atoms with Gasteiger partial charge in [0.05, 0.1) is 40.0 Å². The zero-order chi connectivity index (χ0) is 30.1. The van der Waals surface area contributed by atoms with Crippen LogP contribution in [0.3, 0.4) is 0 Å². The maximum Gasteiger partial charge on any atom is 0.247 e. The van der Waals surface area contributed by atoms with Gasteiger partial charge in [0.15, 0.2) is 11.5 Å². The lowest BCUT2D eigenvalue weighted by Gasteiger charge is -2.41. The van der Waals surface area contributed by atoms with Gasteiger partial charge in [0, 0.05) is 31.5 Å². The Kier molecular flexibility index (Phi) is 13.0. The van der Waals surface area contributed by atoms with E-state index in [1.165, 1.54) is 13.2 Å². The van der Waals surface area contributed by atoms with Gasteiger partial charge in [0.2, 0.25) is 11.8 Å². The molecule has 12 heteroatoms. The van der Waals surface area contributed by atoms with E-state index in [0.29, 0.717) is 48.2 Å². The molecule has 0 radical (unpaired) electrons. The van der Waals surface area contributed by atoms with E-state index in [1.807, 2.05) is 6.92 Å². The summed E-state index contributed by atoms with van der Waals surface area (Å²) in [6.45, 7) is 1.73. The molecule has 41 heavy (non-hydrogen) atoms. The van der Waals surface area contributed by atoms with Crippen molar-refractivity contribution in [2.24, 2.45) is 0 Å². The van der Waals surface area contributed by atoms with Crippen LogP contribution < -0.4 is 14.8 Å². The van der Waals surface area contributed by atoms with Gasteiger partial charge in [0.1, 0.15) is 12.2 Å². The molecule has 0 heterocycles. The first-order valence-electron chi connectivity index (χ1n) is 13.3. The van der Waals surface area contributed by atoms with E-state index in [4.69, 9.17) is 32.7 Å². The first-order chi connectivity index (χ1) is 19.6. The Balaban J connectivity index is 2.04. The molecule has 2 amide bonds. The lowest BCUT2D eigenvalue weighted by Crippen LogP contribution is -2.54. The van der Waals surface area contributed by atoms with Gasteiger partial charge in [-0.15, -0.1) is 0 Å². The van der Waals surface area contributed by atoms with E-state index < -0.39 is 24.2 Å². The Bertz CT molecular complexity index is 1260. The molecular formula is C29H35Cl2IN2O7. The molecule has 0 spiro atoms. The van der Waals surface area contributed by atoms with Crippen LogP contribution in [0.5, 0.6) is 11.5 Å². The normalized spacial score (nSPS) is 18.4. The Morgan fingerprint density at radius 2 is 1.90 bits per heavy atom. The summed E-state index contributed by atoms with van der Waals surface area (Å²) < 4.78 is 12.4. The third kappa shape index (κ3) is 8.71. The highest BCUT2D eigenvalue weighted by molar-refractivity contribution is 14.1. The average Bonchev–Trinajstić information content (AvgIpc) is 2.96. The van der Waals surface area contributed by atoms with Gasteiger partial charge in [-0.1, -0.05) is 42.6 Å². The maximum atomic E-state index is 13.6. The topological polar surface area (TPSA) is 129 Å². The number of methoxy groups -OCH3 is 1. The van der Waals surface area contributed by atoms with Gasteiger partial charge < -0.3 is 35.0 Å². The van der Waals surface area contributed by atoms with Crippen molar-refractivity contribution in [3.8, 4) is 11.5 Å². The van der Waals surface area contributed by atoms with Crippen LogP contribution in [0.15, 0.2) is 42.0 Å². The fourth-order valence-electron chi connectivity index (χ4n) is 4.59. The van der Waals surface area contributed by atoms with E-state index in [9.17, 15) is 24.9 Å². The quantitative estimate of drug-likeness (QED) is 0.228. The summed E-state index contributed by atoms with van der Waals surface area (Å²) in [6, 6.07) is 7.63. The molecule has 0 bridgehead atoms. The highest BCUT2D eigenvalue weighted by Gasteiger charge is 2.41. The minimum Gasteiger partial charge on any atom is -0.493 e. The first-order valence-corrected chi connectivity index (χ1v) is 15.1. The molecule has 224 valence electrons. The number of carbonyl (C=O) groups excluding carboxylic acids is 2. The van der Waals surface area contributed by atoms with Crippen molar-refractivity contribution in [3.63, 3.8) is 0 Å². The number of carbonyl (C=O) groups is 2. The average molecular weight is 721 g/mol. The van der Waals surface area contributed by atoms with Gasteiger partial charge in [-0.05, 0) is 70.5 Å². The summed E-state index contributed by atoms with van der Waals surface area (Å²) in [5.41, 5.74) is 1.64. The van der Waals surface area contributed by atoms with Crippen molar-refractivity contribution >= 4 is 57.6 Å². The molecular weight excluding hydrogens is 686 g/mol. The molecule has 0 saturated carbocycles. The Morgan fingerprint density at radius 1 is 1.15 bits per heavy atom. The number of benzene rings is 2. The van der Waals surface area contributed by atoms with E-state index in [-0.39, 0.29) is 45.1 Å². The maximum absolute atomic E-state index is 13.6. The number of aliphatic hydroxyl groups is 3. The fraction of sp³-hybridized carbons (Fsp3) is 0.448. The smallest absolute Gasteiger partial charge is 0.247 e. The number of unbranched alkanes of at least 4 members (excludes halogenated alkanes) is 1. The minimum atomic E-state index is -1.21. The molecule has 3 rings (SSSR count). The minimum absolute atomic E-state index is 0.0473. The number of nitrogens with zero attached hydrogens (tertiary/aromatic N) is 1. The van der Waals surface area contributed by atoms with E-state index in [2.05, 4.69) is 27.9 Å². The van der Waals surface area contributed by atoms with Crippen LogP contribution in [0.25, 0.3) is 0 Å². The number of ether oxygens (including phenoxy) is 2. The molecule has 9 nitrogen and oxygen atoms in total. The number of halogens is 3. The van der Waals surface area contributed by atoms with Gasteiger partial charge in [-0.2, -0.15) is 0 Å². The van der Waals surface area contributed by atoms with Gasteiger partial charge in [-0.25, -0.2) is 0 Å². The van der Waals surface area contributed by atoms with E-state index in [0.717, 1.165) is 6.42 Å². The van der Waals surface area contributed by atoms with Crippen LogP contribution >= 0.6 is 45.8 Å². The molecule has 0 aromatic heterocycles. The molecule has 1 aliphatic rings. The van der Waals surface area contributed by atoms with Crippen molar-refractivity contribution in [2.45, 2.75) is 64.0 Å². The van der Waals surface area contributed by atoms with Crippen molar-refractivity contribution in [3.05, 3.63) is 66.7 Å². The van der Waals surface area contributed by atoms with Gasteiger partial charge in [-0.3, -0.25) is 9.59 Å².